The first kappa shape index (κ1) is 13.5. The molecule has 0 bridgehead atoms. The minimum Gasteiger partial charge on any atom is -0.344 e. The average Bonchev–Trinajstić information content (AvgIpc) is 2.64. The zero-order chi connectivity index (χ0) is 12.0. The van der Waals surface area contributed by atoms with Crippen molar-refractivity contribution in [3.63, 3.8) is 0 Å². The van der Waals surface area contributed by atoms with Crippen molar-refractivity contribution in [2.24, 2.45) is 0 Å². The smallest absolute Gasteiger partial charge is 0.223 e. The molecule has 1 fully saturated rings. The summed E-state index contributed by atoms with van der Waals surface area (Å²) in [6.07, 6.45) is 3.10. The molecule has 0 saturated carbocycles. The largest absolute Gasteiger partial charge is 0.344 e. The maximum atomic E-state index is 11.8. The molecular formula is C12H25N3O. The summed E-state index contributed by atoms with van der Waals surface area (Å²) in [5, 5.41) is 3.18. The molecule has 16 heavy (non-hydrogen) atoms. The van der Waals surface area contributed by atoms with E-state index in [-0.39, 0.29) is 5.91 Å². The van der Waals surface area contributed by atoms with Crippen LogP contribution in [0.3, 0.4) is 0 Å². The van der Waals surface area contributed by atoms with Crippen LogP contribution in [0.5, 0.6) is 0 Å². The molecule has 4 nitrogen and oxygen atoms in total. The number of hydrogen-bond acceptors (Lipinski definition) is 3. The van der Waals surface area contributed by atoms with Gasteiger partial charge in [0.15, 0.2) is 0 Å². The van der Waals surface area contributed by atoms with E-state index in [1.165, 1.54) is 19.4 Å². The van der Waals surface area contributed by atoms with Gasteiger partial charge in [-0.15, -0.1) is 0 Å². The topological polar surface area (TPSA) is 35.6 Å². The van der Waals surface area contributed by atoms with Crippen LogP contribution in [0.25, 0.3) is 0 Å². The molecule has 0 radical (unpaired) electrons. The van der Waals surface area contributed by atoms with Crippen molar-refractivity contribution in [2.75, 3.05) is 40.3 Å². The van der Waals surface area contributed by atoms with E-state index < -0.39 is 0 Å². The molecule has 4 heteroatoms. The summed E-state index contributed by atoms with van der Waals surface area (Å²) >= 11 is 0. The highest BCUT2D eigenvalue weighted by molar-refractivity contribution is 5.76. The van der Waals surface area contributed by atoms with Crippen LogP contribution in [-0.2, 0) is 4.79 Å². The van der Waals surface area contributed by atoms with Gasteiger partial charge in [-0.2, -0.15) is 0 Å². The highest BCUT2D eigenvalue weighted by atomic mass is 16.2. The predicted molar refractivity (Wildman–Crippen MR) is 66.4 cm³/mol. The Hall–Kier alpha value is -0.610. The predicted octanol–water partition coefficient (Wildman–Crippen LogP) is 0.539. The molecule has 1 heterocycles. The number of nitrogens with zero attached hydrogens (tertiary/aromatic N) is 2. The van der Waals surface area contributed by atoms with Crippen molar-refractivity contribution in [3.8, 4) is 0 Å². The SMILES string of the molecule is CCNCCC(=O)N(C)CC1CCCN1C. The number of nitrogens with one attached hydrogen (secondary N) is 1. The number of likely N-dealkylation sites (N-methyl/N-ethyl adjacent to an activating group) is 2. The third kappa shape index (κ3) is 4.10. The van der Waals surface area contributed by atoms with Crippen LogP contribution < -0.4 is 5.32 Å². The van der Waals surface area contributed by atoms with Crippen molar-refractivity contribution >= 4 is 5.91 Å². The monoisotopic (exact) mass is 227 g/mol. The maximum absolute atomic E-state index is 11.8. The first-order valence-electron chi connectivity index (χ1n) is 6.30. The molecule has 1 aliphatic rings. The van der Waals surface area contributed by atoms with Crippen LogP contribution in [0.1, 0.15) is 26.2 Å². The fraction of sp³-hybridized carbons (Fsp3) is 0.917. The summed E-state index contributed by atoms with van der Waals surface area (Å²) in [4.78, 5) is 16.0. The van der Waals surface area contributed by atoms with Gasteiger partial charge in [-0.25, -0.2) is 0 Å². The Labute approximate surface area is 99.0 Å². The second kappa shape index (κ2) is 6.86. The number of rotatable bonds is 6. The van der Waals surface area contributed by atoms with E-state index in [2.05, 4.69) is 24.2 Å². The molecule has 1 N–H and O–H groups in total. The highest BCUT2D eigenvalue weighted by Gasteiger charge is 2.23. The Kier molecular flexibility index (Phi) is 5.77. The quantitative estimate of drug-likeness (QED) is 0.673. The summed E-state index contributed by atoms with van der Waals surface area (Å²) in [7, 11) is 4.06. The van der Waals surface area contributed by atoms with Crippen molar-refractivity contribution in [3.05, 3.63) is 0 Å². The van der Waals surface area contributed by atoms with Gasteiger partial charge in [-0.3, -0.25) is 4.79 Å². The lowest BCUT2D eigenvalue weighted by Crippen LogP contribution is -2.40. The standard InChI is InChI=1S/C12H25N3O/c1-4-13-8-7-12(16)15(3)10-11-6-5-9-14(11)2/h11,13H,4-10H2,1-3H3. The molecule has 0 aliphatic carbocycles. The lowest BCUT2D eigenvalue weighted by Gasteiger charge is -2.26. The molecule has 0 aromatic heterocycles. The second-order valence-corrected chi connectivity index (χ2v) is 4.65. The Balaban J connectivity index is 2.22. The summed E-state index contributed by atoms with van der Waals surface area (Å²) in [5.74, 6) is 0.251. The van der Waals surface area contributed by atoms with Gasteiger partial charge in [-0.1, -0.05) is 6.92 Å². The van der Waals surface area contributed by atoms with Gasteiger partial charge in [0, 0.05) is 32.6 Å². The zero-order valence-electron chi connectivity index (χ0n) is 10.8. The van der Waals surface area contributed by atoms with Gasteiger partial charge in [0.25, 0.3) is 0 Å². The average molecular weight is 227 g/mol. The molecule has 1 rings (SSSR count). The molecule has 1 amide bonds. The minimum absolute atomic E-state index is 0.251. The highest BCUT2D eigenvalue weighted by Crippen LogP contribution is 2.15. The van der Waals surface area contributed by atoms with Gasteiger partial charge in [0.2, 0.25) is 5.91 Å². The third-order valence-corrected chi connectivity index (χ3v) is 3.35. The van der Waals surface area contributed by atoms with Crippen LogP contribution in [0.15, 0.2) is 0 Å². The first-order valence-corrected chi connectivity index (χ1v) is 6.30. The first-order chi connectivity index (χ1) is 7.65. The van der Waals surface area contributed by atoms with E-state index >= 15 is 0 Å². The molecule has 94 valence electrons. The summed E-state index contributed by atoms with van der Waals surface area (Å²) in [6, 6.07) is 0.563. The van der Waals surface area contributed by atoms with E-state index in [0.29, 0.717) is 12.5 Å². The molecule has 0 spiro atoms. The van der Waals surface area contributed by atoms with E-state index in [1.54, 1.807) is 0 Å². The van der Waals surface area contributed by atoms with Gasteiger partial charge < -0.3 is 15.1 Å². The lowest BCUT2D eigenvalue weighted by molar-refractivity contribution is -0.130. The molecule has 1 unspecified atom stereocenters. The Morgan fingerprint density at radius 2 is 2.31 bits per heavy atom. The Morgan fingerprint density at radius 1 is 1.56 bits per heavy atom. The van der Waals surface area contributed by atoms with Gasteiger partial charge in [-0.05, 0) is 33.0 Å². The maximum Gasteiger partial charge on any atom is 0.223 e. The molecule has 1 aliphatic heterocycles. The van der Waals surface area contributed by atoms with Gasteiger partial charge in [0.05, 0.1) is 0 Å². The van der Waals surface area contributed by atoms with Crippen LogP contribution in [0.2, 0.25) is 0 Å². The molecule has 0 aromatic carbocycles. The van der Waals surface area contributed by atoms with Gasteiger partial charge >= 0.3 is 0 Å². The molecule has 1 atom stereocenters. The van der Waals surface area contributed by atoms with E-state index in [0.717, 1.165) is 19.6 Å². The molecular weight excluding hydrogens is 202 g/mol. The summed E-state index contributed by atoms with van der Waals surface area (Å²) in [6.45, 7) is 5.83. The van der Waals surface area contributed by atoms with E-state index in [9.17, 15) is 4.79 Å². The number of likely N-dealkylation sites (tertiary alicyclic amines) is 1. The van der Waals surface area contributed by atoms with E-state index in [4.69, 9.17) is 0 Å². The van der Waals surface area contributed by atoms with Crippen molar-refractivity contribution in [1.29, 1.82) is 0 Å². The molecule has 1 saturated heterocycles. The second-order valence-electron chi connectivity index (χ2n) is 4.65. The third-order valence-electron chi connectivity index (χ3n) is 3.35. The number of amides is 1. The Morgan fingerprint density at radius 3 is 2.88 bits per heavy atom. The molecule has 0 aromatic rings. The number of hydrogen-bond donors (Lipinski definition) is 1. The normalized spacial score (nSPS) is 21.3. The summed E-state index contributed by atoms with van der Waals surface area (Å²) in [5.41, 5.74) is 0. The van der Waals surface area contributed by atoms with Crippen molar-refractivity contribution < 1.29 is 4.79 Å². The summed E-state index contributed by atoms with van der Waals surface area (Å²) < 4.78 is 0. The number of carbonyl (C=O) groups excluding carboxylic acids is 1. The fourth-order valence-electron chi connectivity index (χ4n) is 2.19. The Bertz CT molecular complexity index is 220. The van der Waals surface area contributed by atoms with Crippen molar-refractivity contribution in [2.45, 2.75) is 32.2 Å². The van der Waals surface area contributed by atoms with Crippen LogP contribution in [-0.4, -0.2) is 62.0 Å². The zero-order valence-corrected chi connectivity index (χ0v) is 10.8. The minimum atomic E-state index is 0.251. The van der Waals surface area contributed by atoms with Crippen LogP contribution in [0, 0.1) is 0 Å². The lowest BCUT2D eigenvalue weighted by atomic mass is 10.2. The fourth-order valence-corrected chi connectivity index (χ4v) is 2.19. The van der Waals surface area contributed by atoms with Crippen molar-refractivity contribution in [1.82, 2.24) is 15.1 Å². The van der Waals surface area contributed by atoms with Crippen LogP contribution in [0.4, 0.5) is 0 Å². The number of carbonyl (C=O) groups is 1. The van der Waals surface area contributed by atoms with E-state index in [1.807, 2.05) is 11.9 Å². The van der Waals surface area contributed by atoms with Crippen LogP contribution >= 0.6 is 0 Å². The van der Waals surface area contributed by atoms with Gasteiger partial charge in [0.1, 0.15) is 0 Å².